The highest BCUT2D eigenvalue weighted by molar-refractivity contribution is 5.33. The van der Waals surface area contributed by atoms with E-state index in [2.05, 4.69) is 23.7 Å². The van der Waals surface area contributed by atoms with Crippen LogP contribution in [0.25, 0.3) is 0 Å². The zero-order valence-corrected chi connectivity index (χ0v) is 8.42. The first kappa shape index (κ1) is 9.69. The van der Waals surface area contributed by atoms with Gasteiger partial charge in [-0.25, -0.2) is 5.48 Å². The topological polar surface area (TPSA) is 32.3 Å². The van der Waals surface area contributed by atoms with Crippen LogP contribution in [0.4, 0.5) is 0 Å². The van der Waals surface area contributed by atoms with Crippen LogP contribution < -0.4 is 5.48 Å². The lowest BCUT2D eigenvalue weighted by atomic mass is 10.0. The second-order valence-corrected chi connectivity index (χ2v) is 4.00. The first-order valence-corrected chi connectivity index (χ1v) is 5.38. The molecule has 0 saturated heterocycles. The van der Waals surface area contributed by atoms with Gasteiger partial charge in [-0.15, -0.1) is 0 Å². The van der Waals surface area contributed by atoms with Gasteiger partial charge in [0, 0.05) is 6.54 Å². The zero-order chi connectivity index (χ0) is 9.80. The van der Waals surface area contributed by atoms with Crippen molar-refractivity contribution in [3.8, 4) is 0 Å². The monoisotopic (exact) mass is 191 g/mol. The third-order valence-corrected chi connectivity index (χ3v) is 2.95. The Balaban J connectivity index is 2.23. The van der Waals surface area contributed by atoms with Crippen molar-refractivity contribution in [2.24, 2.45) is 0 Å². The van der Waals surface area contributed by atoms with E-state index in [0.29, 0.717) is 6.54 Å². The Morgan fingerprint density at radius 3 is 2.64 bits per heavy atom. The predicted octanol–water partition coefficient (Wildman–Crippen LogP) is 2.43. The Morgan fingerprint density at radius 1 is 1.07 bits per heavy atom. The van der Waals surface area contributed by atoms with Gasteiger partial charge in [-0.05, 0) is 42.4 Å². The average molecular weight is 191 g/mol. The molecule has 1 aromatic rings. The predicted molar refractivity (Wildman–Crippen MR) is 56.3 cm³/mol. The minimum absolute atomic E-state index is 0.549. The quantitative estimate of drug-likeness (QED) is 0.556. The minimum atomic E-state index is 0.549. The zero-order valence-electron chi connectivity index (χ0n) is 8.42. The molecule has 0 unspecified atom stereocenters. The molecule has 0 saturated carbocycles. The van der Waals surface area contributed by atoms with E-state index in [9.17, 15) is 0 Å². The van der Waals surface area contributed by atoms with Crippen LogP contribution in [-0.4, -0.2) is 5.21 Å². The normalized spacial score (nSPS) is 16.1. The number of hydrogen-bond donors (Lipinski definition) is 2. The van der Waals surface area contributed by atoms with Crippen LogP contribution in [0.2, 0.25) is 0 Å². The summed E-state index contributed by atoms with van der Waals surface area (Å²) in [7, 11) is 0. The van der Waals surface area contributed by atoms with E-state index in [1.54, 1.807) is 0 Å². The highest BCUT2D eigenvalue weighted by Gasteiger charge is 2.07. The molecule has 76 valence electrons. The molecular formula is C12H17NO. The number of hydroxylamine groups is 1. The summed E-state index contributed by atoms with van der Waals surface area (Å²) >= 11 is 0. The Kier molecular flexibility index (Phi) is 3.17. The lowest BCUT2D eigenvalue weighted by molar-refractivity contribution is 0.161. The van der Waals surface area contributed by atoms with E-state index >= 15 is 0 Å². The molecule has 0 spiro atoms. The van der Waals surface area contributed by atoms with Gasteiger partial charge in [0.15, 0.2) is 0 Å². The fraction of sp³-hybridized carbons (Fsp3) is 0.500. The van der Waals surface area contributed by atoms with Crippen molar-refractivity contribution < 1.29 is 5.21 Å². The van der Waals surface area contributed by atoms with E-state index in [1.165, 1.54) is 48.8 Å². The molecule has 2 N–H and O–H groups in total. The van der Waals surface area contributed by atoms with Crippen molar-refractivity contribution in [1.29, 1.82) is 0 Å². The van der Waals surface area contributed by atoms with Gasteiger partial charge in [-0.2, -0.15) is 0 Å². The van der Waals surface area contributed by atoms with Crippen LogP contribution in [0, 0.1) is 0 Å². The van der Waals surface area contributed by atoms with Crippen LogP contribution in [0.5, 0.6) is 0 Å². The molecule has 14 heavy (non-hydrogen) atoms. The highest BCUT2D eigenvalue weighted by atomic mass is 16.5. The van der Waals surface area contributed by atoms with Gasteiger partial charge >= 0.3 is 0 Å². The van der Waals surface area contributed by atoms with Crippen LogP contribution in [0.3, 0.4) is 0 Å². The molecule has 2 nitrogen and oxygen atoms in total. The minimum Gasteiger partial charge on any atom is -0.316 e. The van der Waals surface area contributed by atoms with Gasteiger partial charge in [0.25, 0.3) is 0 Å². The van der Waals surface area contributed by atoms with Crippen molar-refractivity contribution in [2.45, 2.75) is 38.6 Å². The number of benzene rings is 1. The van der Waals surface area contributed by atoms with Crippen molar-refractivity contribution >= 4 is 0 Å². The van der Waals surface area contributed by atoms with Crippen molar-refractivity contribution in [3.05, 3.63) is 34.9 Å². The number of nitrogens with one attached hydrogen (secondary N) is 1. The summed E-state index contributed by atoms with van der Waals surface area (Å²) in [5.74, 6) is 0. The maximum atomic E-state index is 8.63. The molecule has 1 aliphatic carbocycles. The fourth-order valence-corrected chi connectivity index (χ4v) is 2.16. The molecular weight excluding hydrogens is 174 g/mol. The van der Waals surface area contributed by atoms with E-state index in [-0.39, 0.29) is 0 Å². The Morgan fingerprint density at radius 2 is 1.86 bits per heavy atom. The lowest BCUT2D eigenvalue weighted by Crippen LogP contribution is -2.06. The second kappa shape index (κ2) is 4.58. The van der Waals surface area contributed by atoms with Gasteiger partial charge in [-0.3, -0.25) is 0 Å². The summed E-state index contributed by atoms with van der Waals surface area (Å²) in [6, 6.07) is 6.55. The highest BCUT2D eigenvalue weighted by Crippen LogP contribution is 2.21. The standard InChI is InChI=1S/C12H17NO/c14-13-9-10-6-7-11-4-2-1-3-5-12(11)8-10/h6-8,13-14H,1-5,9H2. The van der Waals surface area contributed by atoms with Gasteiger partial charge in [0.05, 0.1) is 0 Å². The summed E-state index contributed by atoms with van der Waals surface area (Å²) < 4.78 is 0. The molecule has 1 aliphatic rings. The molecule has 0 amide bonds. The molecule has 0 fully saturated rings. The molecule has 0 heterocycles. The number of rotatable bonds is 2. The maximum Gasteiger partial charge on any atom is 0.0458 e. The van der Waals surface area contributed by atoms with Gasteiger partial charge in [-0.1, -0.05) is 24.6 Å². The molecule has 0 bridgehead atoms. The molecule has 0 atom stereocenters. The van der Waals surface area contributed by atoms with E-state index in [1.807, 2.05) is 0 Å². The summed E-state index contributed by atoms with van der Waals surface area (Å²) in [5, 5.41) is 8.63. The summed E-state index contributed by atoms with van der Waals surface area (Å²) in [4.78, 5) is 0. The van der Waals surface area contributed by atoms with E-state index < -0.39 is 0 Å². The van der Waals surface area contributed by atoms with Crippen LogP contribution >= 0.6 is 0 Å². The number of hydrogen-bond acceptors (Lipinski definition) is 2. The lowest BCUT2D eigenvalue weighted by Gasteiger charge is -2.07. The van der Waals surface area contributed by atoms with Crippen molar-refractivity contribution in [3.63, 3.8) is 0 Å². The SMILES string of the molecule is ONCc1ccc2c(c1)CCCCC2. The smallest absolute Gasteiger partial charge is 0.0458 e. The largest absolute Gasteiger partial charge is 0.316 e. The maximum absolute atomic E-state index is 8.63. The summed E-state index contributed by atoms with van der Waals surface area (Å²) in [5.41, 5.74) is 6.37. The summed E-state index contributed by atoms with van der Waals surface area (Å²) in [6.07, 6.45) is 6.41. The summed E-state index contributed by atoms with van der Waals surface area (Å²) in [6.45, 7) is 0.549. The van der Waals surface area contributed by atoms with Crippen molar-refractivity contribution in [1.82, 2.24) is 5.48 Å². The molecule has 0 aromatic heterocycles. The van der Waals surface area contributed by atoms with Gasteiger partial charge in [0.1, 0.15) is 0 Å². The second-order valence-electron chi connectivity index (χ2n) is 4.00. The fourth-order valence-electron chi connectivity index (χ4n) is 2.16. The third kappa shape index (κ3) is 2.14. The first-order chi connectivity index (χ1) is 6.90. The molecule has 0 radical (unpaired) electrons. The van der Waals surface area contributed by atoms with Crippen LogP contribution in [-0.2, 0) is 19.4 Å². The molecule has 2 heteroatoms. The van der Waals surface area contributed by atoms with Crippen LogP contribution in [0.15, 0.2) is 18.2 Å². The third-order valence-electron chi connectivity index (χ3n) is 2.95. The van der Waals surface area contributed by atoms with E-state index in [4.69, 9.17) is 5.21 Å². The average Bonchev–Trinajstić information content (AvgIpc) is 2.42. The van der Waals surface area contributed by atoms with Crippen molar-refractivity contribution in [2.75, 3.05) is 0 Å². The first-order valence-electron chi connectivity index (χ1n) is 5.38. The Bertz CT molecular complexity index is 309. The Labute approximate surface area is 84.9 Å². The number of aryl methyl sites for hydroxylation is 2. The van der Waals surface area contributed by atoms with Gasteiger partial charge in [0.2, 0.25) is 0 Å². The van der Waals surface area contributed by atoms with Gasteiger partial charge < -0.3 is 5.21 Å². The molecule has 1 aromatic carbocycles. The Hall–Kier alpha value is -0.860. The van der Waals surface area contributed by atoms with E-state index in [0.717, 1.165) is 0 Å². The molecule has 0 aliphatic heterocycles. The number of fused-ring (bicyclic) bond motifs is 1. The van der Waals surface area contributed by atoms with Crippen LogP contribution in [0.1, 0.15) is 36.0 Å². The molecule has 2 rings (SSSR count).